The number of hydrogen-bond donors (Lipinski definition) is 2. The molecule has 2 aromatic rings. The summed E-state index contributed by atoms with van der Waals surface area (Å²) in [5.74, 6) is 0.266. The van der Waals surface area contributed by atoms with Crippen LogP contribution in [-0.2, 0) is 4.74 Å². The topological polar surface area (TPSA) is 51.4 Å². The second kappa shape index (κ2) is 4.17. The van der Waals surface area contributed by atoms with Gasteiger partial charge in [0.05, 0.1) is 6.61 Å². The molecule has 1 heterocycles. The Morgan fingerprint density at radius 1 is 0.947 bits per heavy atom. The molecule has 1 aliphatic carbocycles. The van der Waals surface area contributed by atoms with E-state index in [0.717, 1.165) is 0 Å². The van der Waals surface area contributed by atoms with Gasteiger partial charge in [-0.25, -0.2) is 0 Å². The van der Waals surface area contributed by atoms with Crippen LogP contribution in [0.2, 0.25) is 0 Å². The minimum Gasteiger partial charge on any atom is -0.374 e. The molecule has 1 fully saturated rings. The lowest BCUT2D eigenvalue weighted by Gasteiger charge is -2.13. The predicted molar refractivity (Wildman–Crippen MR) is 72.6 cm³/mol. The molecule has 1 aliphatic heterocycles. The van der Waals surface area contributed by atoms with Crippen molar-refractivity contribution in [2.45, 2.75) is 18.4 Å². The van der Waals surface area contributed by atoms with Gasteiger partial charge < -0.3 is 9.84 Å². The van der Waals surface area contributed by atoms with E-state index in [1.165, 1.54) is 22.3 Å². The number of benzene rings is 2. The van der Waals surface area contributed by atoms with Crippen molar-refractivity contribution in [3.05, 3.63) is 59.7 Å². The fourth-order valence-corrected chi connectivity index (χ4v) is 2.89. The molecule has 0 amide bonds. The average molecular weight is 253 g/mol. The third-order valence-electron chi connectivity index (χ3n) is 3.92. The van der Waals surface area contributed by atoms with Gasteiger partial charge in [-0.05, 0) is 22.3 Å². The average Bonchev–Trinajstić information content (AvgIpc) is 3.07. The number of hydrogen-bond acceptors (Lipinski definition) is 3. The van der Waals surface area contributed by atoms with Crippen molar-refractivity contribution >= 4 is 0 Å². The summed E-state index contributed by atoms with van der Waals surface area (Å²) in [7, 11) is 0. The van der Waals surface area contributed by atoms with Crippen molar-refractivity contribution in [1.82, 2.24) is 5.32 Å². The van der Waals surface area contributed by atoms with Crippen molar-refractivity contribution in [2.75, 3.05) is 6.61 Å². The van der Waals surface area contributed by atoms with Crippen molar-refractivity contribution in [3.8, 4) is 11.1 Å². The summed E-state index contributed by atoms with van der Waals surface area (Å²) in [6.07, 6.45) is -0.688. The van der Waals surface area contributed by atoms with Crippen molar-refractivity contribution in [2.24, 2.45) is 0 Å². The molecule has 0 aromatic heterocycles. The van der Waals surface area contributed by atoms with Crippen LogP contribution < -0.4 is 5.32 Å². The lowest BCUT2D eigenvalue weighted by atomic mass is 9.98. The molecule has 2 aliphatic rings. The monoisotopic (exact) mass is 253 g/mol. The van der Waals surface area contributed by atoms with Crippen LogP contribution in [0.4, 0.5) is 0 Å². The van der Waals surface area contributed by atoms with E-state index >= 15 is 0 Å². The molecular weight excluding hydrogens is 238 g/mol. The van der Waals surface area contributed by atoms with Crippen LogP contribution in [0.15, 0.2) is 48.5 Å². The van der Waals surface area contributed by atoms with Crippen molar-refractivity contribution in [1.29, 1.82) is 0 Å². The minimum absolute atomic E-state index is 0.195. The van der Waals surface area contributed by atoms with E-state index in [1.807, 2.05) is 0 Å². The largest absolute Gasteiger partial charge is 0.374 e. The van der Waals surface area contributed by atoms with Crippen molar-refractivity contribution < 1.29 is 9.84 Å². The SMILES string of the molecule is OC1NC1OCC1c2ccccc2-c2ccccc21. The third-order valence-corrected chi connectivity index (χ3v) is 3.92. The molecule has 0 bridgehead atoms. The van der Waals surface area contributed by atoms with Gasteiger partial charge in [0.25, 0.3) is 0 Å². The minimum atomic E-state index is -0.494. The molecule has 2 unspecified atom stereocenters. The molecule has 3 heteroatoms. The van der Waals surface area contributed by atoms with E-state index in [2.05, 4.69) is 53.8 Å². The zero-order valence-corrected chi connectivity index (χ0v) is 10.4. The lowest BCUT2D eigenvalue weighted by Crippen LogP contribution is -2.10. The summed E-state index contributed by atoms with van der Waals surface area (Å²) in [6.45, 7) is 0.600. The standard InChI is InChI=1S/C16H15NO2/c18-15-16(17-15)19-9-14-12-7-3-1-5-10(12)11-6-2-4-8-13(11)14/h1-8,14-18H,9H2. The molecule has 19 heavy (non-hydrogen) atoms. The molecule has 0 saturated carbocycles. The molecule has 2 aromatic carbocycles. The van der Waals surface area contributed by atoms with Gasteiger partial charge in [-0.15, -0.1) is 0 Å². The molecule has 0 radical (unpaired) electrons. The molecular formula is C16H15NO2. The highest BCUT2D eigenvalue weighted by atomic mass is 16.5. The lowest BCUT2D eigenvalue weighted by molar-refractivity contribution is 0.0774. The Morgan fingerprint density at radius 3 is 2.00 bits per heavy atom. The molecule has 3 nitrogen and oxygen atoms in total. The van der Waals surface area contributed by atoms with Crippen molar-refractivity contribution in [3.63, 3.8) is 0 Å². The summed E-state index contributed by atoms with van der Waals surface area (Å²) >= 11 is 0. The number of aliphatic hydroxyl groups excluding tert-OH is 1. The van der Waals surface area contributed by atoms with E-state index in [-0.39, 0.29) is 12.1 Å². The molecule has 2 atom stereocenters. The first-order valence-corrected chi connectivity index (χ1v) is 6.58. The van der Waals surface area contributed by atoms with Gasteiger partial charge in [0.2, 0.25) is 0 Å². The fraction of sp³-hybridized carbons (Fsp3) is 0.250. The highest BCUT2D eigenvalue weighted by molar-refractivity contribution is 5.78. The Labute approximate surface area is 111 Å². The maximum absolute atomic E-state index is 9.25. The predicted octanol–water partition coefficient (Wildman–Crippen LogP) is 2.06. The van der Waals surface area contributed by atoms with E-state index in [4.69, 9.17) is 4.74 Å². The Morgan fingerprint density at radius 2 is 1.47 bits per heavy atom. The second-order valence-electron chi connectivity index (χ2n) is 5.09. The van der Waals surface area contributed by atoms with Gasteiger partial charge in [0, 0.05) is 5.92 Å². The molecule has 0 spiro atoms. The number of ether oxygens (including phenoxy) is 1. The summed E-state index contributed by atoms with van der Waals surface area (Å²) in [6, 6.07) is 17.0. The van der Waals surface area contributed by atoms with Crippen LogP contribution in [0.3, 0.4) is 0 Å². The van der Waals surface area contributed by atoms with E-state index in [1.54, 1.807) is 0 Å². The highest BCUT2D eigenvalue weighted by Gasteiger charge is 2.37. The summed E-state index contributed by atoms with van der Waals surface area (Å²) < 4.78 is 5.70. The van der Waals surface area contributed by atoms with Crippen LogP contribution in [0, 0.1) is 0 Å². The zero-order chi connectivity index (χ0) is 12.8. The van der Waals surface area contributed by atoms with Crippen LogP contribution >= 0.6 is 0 Å². The maximum atomic E-state index is 9.25. The Hall–Kier alpha value is -1.68. The van der Waals surface area contributed by atoms with Crippen LogP contribution in [-0.4, -0.2) is 24.2 Å². The summed E-state index contributed by atoms with van der Waals surface area (Å²) in [5, 5.41) is 12.1. The summed E-state index contributed by atoms with van der Waals surface area (Å²) in [4.78, 5) is 0. The first kappa shape index (κ1) is 11.2. The van der Waals surface area contributed by atoms with Gasteiger partial charge >= 0.3 is 0 Å². The molecule has 2 N–H and O–H groups in total. The zero-order valence-electron chi connectivity index (χ0n) is 10.4. The number of aliphatic hydroxyl groups is 1. The van der Waals surface area contributed by atoms with Gasteiger partial charge in [0.1, 0.15) is 12.5 Å². The number of nitrogens with one attached hydrogen (secondary N) is 1. The van der Waals surface area contributed by atoms with Gasteiger partial charge in [0.15, 0.2) is 0 Å². The van der Waals surface area contributed by atoms with Gasteiger partial charge in [-0.2, -0.15) is 0 Å². The smallest absolute Gasteiger partial charge is 0.150 e. The molecule has 96 valence electrons. The van der Waals surface area contributed by atoms with E-state index in [9.17, 15) is 5.11 Å². The molecule has 1 saturated heterocycles. The molecule has 4 rings (SSSR count). The van der Waals surface area contributed by atoms with Gasteiger partial charge in [-0.3, -0.25) is 5.32 Å². The third kappa shape index (κ3) is 1.78. The number of fused-ring (bicyclic) bond motifs is 3. The second-order valence-corrected chi connectivity index (χ2v) is 5.09. The Bertz CT molecular complexity index is 580. The van der Waals surface area contributed by atoms with Crippen LogP contribution in [0.5, 0.6) is 0 Å². The summed E-state index contributed by atoms with van der Waals surface area (Å²) in [5.41, 5.74) is 5.24. The first-order chi connectivity index (χ1) is 9.34. The number of rotatable bonds is 3. The first-order valence-electron chi connectivity index (χ1n) is 6.58. The quantitative estimate of drug-likeness (QED) is 0.823. The van der Waals surface area contributed by atoms with E-state index < -0.39 is 6.23 Å². The maximum Gasteiger partial charge on any atom is 0.150 e. The van der Waals surface area contributed by atoms with Crippen LogP contribution in [0.25, 0.3) is 11.1 Å². The highest BCUT2D eigenvalue weighted by Crippen LogP contribution is 2.44. The Kier molecular flexibility index (Phi) is 2.45. The fourth-order valence-electron chi connectivity index (χ4n) is 2.89. The van der Waals surface area contributed by atoms with E-state index in [0.29, 0.717) is 6.61 Å². The van der Waals surface area contributed by atoms with Gasteiger partial charge in [-0.1, -0.05) is 48.5 Å². The normalized spacial score (nSPS) is 24.1. The van der Waals surface area contributed by atoms with Crippen LogP contribution in [0.1, 0.15) is 17.0 Å². The Balaban J connectivity index is 1.69.